The van der Waals surface area contributed by atoms with Gasteiger partial charge in [-0.3, -0.25) is 4.79 Å². The van der Waals surface area contributed by atoms with Crippen molar-refractivity contribution in [3.63, 3.8) is 0 Å². The minimum absolute atomic E-state index is 0.0740. The zero-order valence-corrected chi connectivity index (χ0v) is 17.8. The Morgan fingerprint density at radius 2 is 1.57 bits per heavy atom. The van der Waals surface area contributed by atoms with E-state index in [9.17, 15) is 9.59 Å². The molecule has 2 aromatic carbocycles. The van der Waals surface area contributed by atoms with Gasteiger partial charge in [-0.1, -0.05) is 38.1 Å². The van der Waals surface area contributed by atoms with Gasteiger partial charge in [-0.05, 0) is 62.1 Å². The lowest BCUT2D eigenvalue weighted by molar-refractivity contribution is -0.160. The number of methoxy groups -OCH3 is 1. The van der Waals surface area contributed by atoms with Crippen molar-refractivity contribution < 1.29 is 19.1 Å². The largest absolute Gasteiger partial charge is 0.497 e. The normalized spacial score (nSPS) is 13.9. The lowest BCUT2D eigenvalue weighted by Crippen LogP contribution is -2.48. The molecule has 2 rings (SSSR count). The molecule has 1 N–H and O–H groups in total. The van der Waals surface area contributed by atoms with E-state index in [-0.39, 0.29) is 11.8 Å². The van der Waals surface area contributed by atoms with Crippen molar-refractivity contribution in [1.29, 1.82) is 0 Å². The highest BCUT2D eigenvalue weighted by Gasteiger charge is 2.30. The van der Waals surface area contributed by atoms with Gasteiger partial charge in [-0.2, -0.15) is 0 Å². The second-order valence-electron chi connectivity index (χ2n) is 8.46. The Bertz CT molecular complexity index is 851. The smallest absolute Gasteiger partial charge is 0.329 e. The third-order valence-corrected chi connectivity index (χ3v) is 4.59. The third-order valence-electron chi connectivity index (χ3n) is 4.59. The summed E-state index contributed by atoms with van der Waals surface area (Å²) < 4.78 is 10.7. The van der Waals surface area contributed by atoms with Crippen LogP contribution in [0.5, 0.6) is 5.75 Å². The predicted molar refractivity (Wildman–Crippen MR) is 112 cm³/mol. The first-order chi connectivity index (χ1) is 13.0. The Morgan fingerprint density at radius 3 is 2.14 bits per heavy atom. The van der Waals surface area contributed by atoms with Crippen LogP contribution < -0.4 is 10.1 Å². The first-order valence-electron chi connectivity index (χ1n) is 9.63. The molecule has 0 aliphatic heterocycles. The first kappa shape index (κ1) is 21.7. The average molecular weight is 386 g/mol. The molecule has 0 spiro atoms. The van der Waals surface area contributed by atoms with Gasteiger partial charge >= 0.3 is 5.97 Å². The maximum atomic E-state index is 12.8. The van der Waals surface area contributed by atoms with Gasteiger partial charge in [-0.15, -0.1) is 0 Å². The maximum Gasteiger partial charge on any atom is 0.329 e. The van der Waals surface area contributed by atoms with Gasteiger partial charge in [-0.25, -0.2) is 4.79 Å². The van der Waals surface area contributed by atoms with E-state index in [4.69, 9.17) is 9.47 Å². The van der Waals surface area contributed by atoms with Crippen LogP contribution in [-0.2, 0) is 14.3 Å². The fraction of sp³-hybridized carbons (Fsp3) is 0.478. The molecule has 1 amide bonds. The molecule has 0 aromatic heterocycles. The van der Waals surface area contributed by atoms with Crippen LogP contribution in [0, 0.1) is 5.92 Å². The topological polar surface area (TPSA) is 64.6 Å². The van der Waals surface area contributed by atoms with E-state index >= 15 is 0 Å². The quantitative estimate of drug-likeness (QED) is 0.747. The van der Waals surface area contributed by atoms with E-state index in [2.05, 4.69) is 5.32 Å². The minimum Gasteiger partial charge on any atom is -0.497 e. The highest BCUT2D eigenvalue weighted by atomic mass is 16.6. The highest BCUT2D eigenvalue weighted by molar-refractivity contribution is 5.90. The summed E-state index contributed by atoms with van der Waals surface area (Å²) in [7, 11) is 1.64. The summed E-state index contributed by atoms with van der Waals surface area (Å²) in [5.41, 5.74) is 0.293. The number of nitrogens with one attached hydrogen (secondary N) is 1. The number of rotatable bonds is 6. The van der Waals surface area contributed by atoms with Crippen molar-refractivity contribution in [1.82, 2.24) is 5.32 Å². The van der Waals surface area contributed by atoms with Gasteiger partial charge in [0.2, 0.25) is 5.91 Å². The molecule has 5 nitrogen and oxygen atoms in total. The number of benzene rings is 2. The van der Waals surface area contributed by atoms with Crippen LogP contribution in [0.3, 0.4) is 0 Å². The number of carbonyl (C=O) groups excluding carboxylic acids is 2. The fourth-order valence-corrected chi connectivity index (χ4v) is 2.93. The number of hydrogen-bond acceptors (Lipinski definition) is 4. The summed E-state index contributed by atoms with van der Waals surface area (Å²) >= 11 is 0. The number of hydrogen-bond donors (Lipinski definition) is 1. The van der Waals surface area contributed by atoms with Crippen LogP contribution in [-0.4, -0.2) is 30.6 Å². The molecule has 0 aliphatic carbocycles. The molecule has 0 unspecified atom stereocenters. The Hall–Kier alpha value is -2.56. The van der Waals surface area contributed by atoms with Crippen LogP contribution in [0.1, 0.15) is 53.0 Å². The molecule has 0 saturated heterocycles. The minimum atomic E-state index is -0.682. The van der Waals surface area contributed by atoms with E-state index < -0.39 is 23.5 Å². The number of fused-ring (bicyclic) bond motifs is 1. The van der Waals surface area contributed by atoms with E-state index in [0.717, 1.165) is 22.1 Å². The maximum absolute atomic E-state index is 12.8. The van der Waals surface area contributed by atoms with Crippen LogP contribution >= 0.6 is 0 Å². The van der Waals surface area contributed by atoms with Gasteiger partial charge in [0.25, 0.3) is 0 Å². The van der Waals surface area contributed by atoms with E-state index in [1.54, 1.807) is 7.11 Å². The summed E-state index contributed by atoms with van der Waals surface area (Å²) in [6.07, 6.45) is 0. The van der Waals surface area contributed by atoms with E-state index in [1.165, 1.54) is 0 Å². The summed E-state index contributed by atoms with van der Waals surface area (Å²) in [5.74, 6) is -0.278. The first-order valence-corrected chi connectivity index (χ1v) is 9.63. The Morgan fingerprint density at radius 1 is 0.964 bits per heavy atom. The van der Waals surface area contributed by atoms with Crippen LogP contribution in [0.4, 0.5) is 0 Å². The lowest BCUT2D eigenvalue weighted by Gasteiger charge is -2.27. The monoisotopic (exact) mass is 385 g/mol. The second-order valence-corrected chi connectivity index (χ2v) is 8.46. The fourth-order valence-electron chi connectivity index (χ4n) is 2.93. The molecular formula is C23H31NO4. The SMILES string of the molecule is COc1ccc2cc([C@H](C)C(=O)N[C@H](C(=O)OC(C)(C)C)C(C)C)ccc2c1. The van der Waals surface area contributed by atoms with Gasteiger partial charge in [0, 0.05) is 0 Å². The van der Waals surface area contributed by atoms with Crippen molar-refractivity contribution >= 4 is 22.6 Å². The van der Waals surface area contributed by atoms with Gasteiger partial charge in [0.05, 0.1) is 13.0 Å². The zero-order valence-electron chi connectivity index (χ0n) is 17.8. The Labute approximate surface area is 167 Å². The summed E-state index contributed by atoms with van der Waals surface area (Å²) in [6.45, 7) is 11.1. The molecule has 0 bridgehead atoms. The molecule has 0 aliphatic rings. The van der Waals surface area contributed by atoms with Crippen molar-refractivity contribution in [2.45, 2.75) is 59.1 Å². The predicted octanol–water partition coefficient (Wildman–Crippen LogP) is 4.43. The van der Waals surface area contributed by atoms with Crippen molar-refractivity contribution in [2.24, 2.45) is 5.92 Å². The van der Waals surface area contributed by atoms with Crippen LogP contribution in [0.15, 0.2) is 36.4 Å². The second kappa shape index (κ2) is 8.63. The molecule has 0 radical (unpaired) electrons. The molecule has 152 valence electrons. The number of carbonyl (C=O) groups is 2. The molecule has 2 aromatic rings. The number of amides is 1. The third kappa shape index (κ3) is 5.47. The lowest BCUT2D eigenvalue weighted by atomic mass is 9.95. The van der Waals surface area contributed by atoms with Crippen LogP contribution in [0.2, 0.25) is 0 Å². The molecule has 0 heterocycles. The number of esters is 1. The summed E-state index contributed by atoms with van der Waals surface area (Å²) in [6, 6.07) is 11.1. The standard InChI is InChI=1S/C23H31NO4/c1-14(2)20(22(26)28-23(4,5)6)24-21(25)15(3)16-8-9-18-13-19(27-7)11-10-17(18)12-16/h8-15,20H,1-7H3,(H,24,25)/t15-,20-/m0/s1. The van der Waals surface area contributed by atoms with Gasteiger partial charge in [0.15, 0.2) is 0 Å². The summed E-state index contributed by atoms with van der Waals surface area (Å²) in [5, 5.41) is 4.95. The number of ether oxygens (including phenoxy) is 2. The van der Waals surface area contributed by atoms with Gasteiger partial charge < -0.3 is 14.8 Å². The molecular weight excluding hydrogens is 354 g/mol. The molecule has 28 heavy (non-hydrogen) atoms. The van der Waals surface area contributed by atoms with Crippen molar-refractivity contribution in [3.8, 4) is 5.75 Å². The molecule has 0 saturated carbocycles. The Balaban J connectivity index is 2.18. The van der Waals surface area contributed by atoms with Crippen molar-refractivity contribution in [2.75, 3.05) is 7.11 Å². The highest BCUT2D eigenvalue weighted by Crippen LogP contribution is 2.25. The van der Waals surface area contributed by atoms with Crippen LogP contribution in [0.25, 0.3) is 10.8 Å². The van der Waals surface area contributed by atoms with Gasteiger partial charge in [0.1, 0.15) is 17.4 Å². The Kier molecular flexibility index (Phi) is 6.70. The molecule has 0 fully saturated rings. The zero-order chi connectivity index (χ0) is 21.1. The molecule has 2 atom stereocenters. The van der Waals surface area contributed by atoms with Crippen molar-refractivity contribution in [3.05, 3.63) is 42.0 Å². The average Bonchev–Trinajstić information content (AvgIpc) is 2.62. The van der Waals surface area contributed by atoms with E-state index in [0.29, 0.717) is 0 Å². The van der Waals surface area contributed by atoms with E-state index in [1.807, 2.05) is 77.9 Å². The molecule has 5 heteroatoms. The summed E-state index contributed by atoms with van der Waals surface area (Å²) in [4.78, 5) is 25.3.